The lowest BCUT2D eigenvalue weighted by Gasteiger charge is -2.29. The normalized spacial score (nSPS) is 13.9. The van der Waals surface area contributed by atoms with E-state index in [1.165, 1.54) is 4.90 Å². The van der Waals surface area contributed by atoms with Crippen LogP contribution in [0.2, 0.25) is 0 Å². The van der Waals surface area contributed by atoms with Gasteiger partial charge in [0.25, 0.3) is 0 Å². The Hall–Kier alpha value is -1.23. The van der Waals surface area contributed by atoms with E-state index >= 15 is 0 Å². The molecule has 0 fully saturated rings. The average molecular weight is 318 g/mol. The molecule has 0 rings (SSSR count). The van der Waals surface area contributed by atoms with Gasteiger partial charge < -0.3 is 9.64 Å². The van der Waals surface area contributed by atoms with E-state index in [4.69, 9.17) is 16.3 Å². The van der Waals surface area contributed by atoms with E-state index in [0.717, 1.165) is 0 Å². The number of carbonyl (C=O) groups excluding carboxylic acids is 1. The maximum atomic E-state index is 11.9. The monoisotopic (exact) mass is 317 g/mol. The third kappa shape index (κ3) is 6.85. The number of hydrogen-bond donors (Lipinski definition) is 0. The molecule has 6 heteroatoms. The molecule has 0 N–H and O–H groups in total. The lowest BCUT2D eigenvalue weighted by Crippen LogP contribution is -2.37. The fourth-order valence-corrected chi connectivity index (χ4v) is 1.56. The van der Waals surface area contributed by atoms with E-state index in [9.17, 15) is 4.79 Å². The SMILES string of the molecule is C=C(N=C(Cl)N(C)C(C)C(C)C)N(C)C(=O)OC(C)(C)C. The topological polar surface area (TPSA) is 45.1 Å². The number of nitrogens with zero attached hydrogens (tertiary/aromatic N) is 3. The van der Waals surface area contributed by atoms with E-state index in [0.29, 0.717) is 5.92 Å². The fourth-order valence-electron chi connectivity index (χ4n) is 1.31. The number of carbonyl (C=O) groups is 1. The third-order valence-corrected chi connectivity index (χ3v) is 3.49. The van der Waals surface area contributed by atoms with Crippen LogP contribution in [0.1, 0.15) is 41.5 Å². The summed E-state index contributed by atoms with van der Waals surface area (Å²) in [6.45, 7) is 15.4. The number of rotatable bonds is 4. The van der Waals surface area contributed by atoms with Crippen molar-refractivity contribution >= 4 is 23.0 Å². The van der Waals surface area contributed by atoms with Crippen LogP contribution in [-0.4, -0.2) is 46.9 Å². The van der Waals surface area contributed by atoms with Crippen LogP contribution in [0, 0.1) is 5.92 Å². The molecule has 0 aliphatic heterocycles. The molecule has 21 heavy (non-hydrogen) atoms. The van der Waals surface area contributed by atoms with Crippen LogP contribution in [0.15, 0.2) is 17.4 Å². The zero-order valence-corrected chi connectivity index (χ0v) is 15.2. The molecule has 5 nitrogen and oxygen atoms in total. The first-order chi connectivity index (χ1) is 9.36. The Morgan fingerprint density at radius 1 is 1.24 bits per heavy atom. The molecule has 0 aromatic heterocycles. The lowest BCUT2D eigenvalue weighted by atomic mass is 10.1. The molecule has 122 valence electrons. The highest BCUT2D eigenvalue weighted by molar-refractivity contribution is 6.64. The van der Waals surface area contributed by atoms with E-state index in [2.05, 4.69) is 32.3 Å². The second kappa shape index (κ2) is 7.69. The minimum absolute atomic E-state index is 0.223. The van der Waals surface area contributed by atoms with Crippen molar-refractivity contribution in [1.82, 2.24) is 9.80 Å². The summed E-state index contributed by atoms with van der Waals surface area (Å²) in [6.07, 6.45) is -0.514. The van der Waals surface area contributed by atoms with Gasteiger partial charge in [0.15, 0.2) is 5.29 Å². The van der Waals surface area contributed by atoms with Crippen LogP contribution in [0.4, 0.5) is 4.79 Å². The van der Waals surface area contributed by atoms with Crippen LogP contribution in [0.25, 0.3) is 0 Å². The van der Waals surface area contributed by atoms with Gasteiger partial charge >= 0.3 is 6.09 Å². The Morgan fingerprint density at radius 3 is 2.10 bits per heavy atom. The Balaban J connectivity index is 4.86. The highest BCUT2D eigenvalue weighted by Gasteiger charge is 2.22. The standard InChI is InChI=1S/C15H28ClN3O2/c1-10(2)11(3)18(8)13(16)17-12(4)19(9)14(20)21-15(5,6)7/h10-11H,4H2,1-3,5-9H3. The molecule has 0 saturated heterocycles. The molecule has 0 radical (unpaired) electrons. The average Bonchev–Trinajstić information content (AvgIpc) is 2.33. The summed E-state index contributed by atoms with van der Waals surface area (Å²) < 4.78 is 5.25. The highest BCUT2D eigenvalue weighted by atomic mass is 35.5. The van der Waals surface area contributed by atoms with Gasteiger partial charge in [-0.05, 0) is 45.2 Å². The van der Waals surface area contributed by atoms with Crippen LogP contribution in [0.5, 0.6) is 0 Å². The Kier molecular flexibility index (Phi) is 7.24. The van der Waals surface area contributed by atoms with Crippen molar-refractivity contribution in [2.24, 2.45) is 10.9 Å². The zero-order valence-electron chi connectivity index (χ0n) is 14.4. The first-order valence-corrected chi connectivity index (χ1v) is 7.37. The zero-order chi connectivity index (χ0) is 17.0. The van der Waals surface area contributed by atoms with Crippen molar-refractivity contribution in [3.63, 3.8) is 0 Å². The van der Waals surface area contributed by atoms with Crippen molar-refractivity contribution in [2.45, 2.75) is 53.2 Å². The number of aliphatic imine (C=N–C) groups is 1. The van der Waals surface area contributed by atoms with Crippen molar-refractivity contribution in [3.05, 3.63) is 12.4 Å². The van der Waals surface area contributed by atoms with Gasteiger partial charge in [-0.2, -0.15) is 0 Å². The Labute approximate surface area is 133 Å². The van der Waals surface area contributed by atoms with Crippen molar-refractivity contribution < 1.29 is 9.53 Å². The van der Waals surface area contributed by atoms with Crippen molar-refractivity contribution in [2.75, 3.05) is 14.1 Å². The molecule has 0 bridgehead atoms. The van der Waals surface area contributed by atoms with Gasteiger partial charge in [-0.25, -0.2) is 9.79 Å². The quantitative estimate of drug-likeness (QED) is 0.449. The van der Waals surface area contributed by atoms with Crippen LogP contribution in [-0.2, 0) is 4.74 Å². The molecule has 0 heterocycles. The first kappa shape index (κ1) is 19.8. The Bertz CT molecular complexity index is 414. The van der Waals surface area contributed by atoms with Gasteiger partial charge in [0.2, 0.25) is 0 Å². The maximum absolute atomic E-state index is 11.9. The minimum Gasteiger partial charge on any atom is -0.443 e. The first-order valence-electron chi connectivity index (χ1n) is 6.99. The molecule has 0 aromatic rings. The summed E-state index contributed by atoms with van der Waals surface area (Å²) in [6, 6.07) is 0.223. The summed E-state index contributed by atoms with van der Waals surface area (Å²) in [7, 11) is 3.41. The van der Waals surface area contributed by atoms with Gasteiger partial charge in [-0.1, -0.05) is 20.4 Å². The molecule has 1 unspecified atom stereocenters. The van der Waals surface area contributed by atoms with Crippen LogP contribution < -0.4 is 0 Å². The molecule has 0 aromatic carbocycles. The smallest absolute Gasteiger partial charge is 0.415 e. The summed E-state index contributed by atoms with van der Waals surface area (Å²) in [5, 5.41) is 0.289. The van der Waals surface area contributed by atoms with Crippen LogP contribution in [0.3, 0.4) is 0 Å². The maximum Gasteiger partial charge on any atom is 0.415 e. The molecular formula is C15H28ClN3O2. The number of ether oxygens (including phenoxy) is 1. The van der Waals surface area contributed by atoms with Crippen molar-refractivity contribution in [1.29, 1.82) is 0 Å². The predicted octanol–water partition coefficient (Wildman–Crippen LogP) is 3.90. The number of amidine groups is 1. The second-order valence-electron chi connectivity index (χ2n) is 6.43. The molecule has 0 saturated carbocycles. The predicted molar refractivity (Wildman–Crippen MR) is 88.5 cm³/mol. The molecule has 0 spiro atoms. The van der Waals surface area contributed by atoms with Crippen LogP contribution >= 0.6 is 11.6 Å². The molecule has 0 aliphatic rings. The third-order valence-electron chi connectivity index (χ3n) is 3.14. The summed E-state index contributed by atoms with van der Waals surface area (Å²) >= 11 is 6.18. The summed E-state index contributed by atoms with van der Waals surface area (Å²) in [5.74, 6) is 0.660. The number of amides is 1. The molecule has 0 aliphatic carbocycles. The van der Waals surface area contributed by atoms with E-state index < -0.39 is 11.7 Å². The van der Waals surface area contributed by atoms with E-state index in [1.54, 1.807) is 27.8 Å². The minimum atomic E-state index is -0.567. The number of hydrogen-bond acceptors (Lipinski definition) is 3. The van der Waals surface area contributed by atoms with Gasteiger partial charge in [-0.15, -0.1) is 0 Å². The van der Waals surface area contributed by atoms with Gasteiger partial charge in [-0.3, -0.25) is 4.90 Å². The van der Waals surface area contributed by atoms with E-state index in [1.807, 2.05) is 11.9 Å². The van der Waals surface area contributed by atoms with Gasteiger partial charge in [0.05, 0.1) is 0 Å². The lowest BCUT2D eigenvalue weighted by molar-refractivity contribution is 0.0352. The largest absolute Gasteiger partial charge is 0.443 e. The van der Waals surface area contributed by atoms with Crippen molar-refractivity contribution in [3.8, 4) is 0 Å². The highest BCUT2D eigenvalue weighted by Crippen LogP contribution is 2.15. The van der Waals surface area contributed by atoms with Gasteiger partial charge in [0, 0.05) is 20.1 Å². The fraction of sp³-hybridized carbons (Fsp3) is 0.733. The van der Waals surface area contributed by atoms with E-state index in [-0.39, 0.29) is 17.2 Å². The van der Waals surface area contributed by atoms with Gasteiger partial charge in [0.1, 0.15) is 11.4 Å². The molecule has 1 amide bonds. The summed E-state index contributed by atoms with van der Waals surface area (Å²) in [4.78, 5) is 19.2. The number of halogens is 1. The summed E-state index contributed by atoms with van der Waals surface area (Å²) in [5.41, 5.74) is -0.567. The second-order valence-corrected chi connectivity index (χ2v) is 6.77. The molecular weight excluding hydrogens is 290 g/mol. The Morgan fingerprint density at radius 2 is 1.71 bits per heavy atom. The molecule has 1 atom stereocenters.